The van der Waals surface area contributed by atoms with Gasteiger partial charge in [-0.3, -0.25) is 13.9 Å². The SMILES string of the molecule is CCCNC(=O)C(CC)N(Cc1ccc(F)cc1)C(=O)CN(c1ccccc1C)S(C)(=O)=O. The highest BCUT2D eigenvalue weighted by Gasteiger charge is 2.31. The van der Waals surface area contributed by atoms with Crippen molar-refractivity contribution in [3.63, 3.8) is 0 Å². The van der Waals surface area contributed by atoms with E-state index in [0.29, 0.717) is 29.8 Å². The van der Waals surface area contributed by atoms with Gasteiger partial charge in [-0.25, -0.2) is 12.8 Å². The molecule has 0 aromatic heterocycles. The van der Waals surface area contributed by atoms with Crippen LogP contribution in [0.2, 0.25) is 0 Å². The van der Waals surface area contributed by atoms with Crippen molar-refractivity contribution in [3.05, 3.63) is 65.5 Å². The van der Waals surface area contributed by atoms with E-state index in [9.17, 15) is 22.4 Å². The molecule has 7 nitrogen and oxygen atoms in total. The van der Waals surface area contributed by atoms with Crippen LogP contribution in [0.3, 0.4) is 0 Å². The van der Waals surface area contributed by atoms with E-state index in [1.165, 1.54) is 17.0 Å². The van der Waals surface area contributed by atoms with Gasteiger partial charge in [-0.1, -0.05) is 44.2 Å². The fraction of sp³-hybridized carbons (Fsp3) is 0.417. The second-order valence-electron chi connectivity index (χ2n) is 7.92. The molecule has 0 aliphatic heterocycles. The molecule has 0 fully saturated rings. The van der Waals surface area contributed by atoms with E-state index in [0.717, 1.165) is 17.0 Å². The number of nitrogens with one attached hydrogen (secondary N) is 1. The van der Waals surface area contributed by atoms with Gasteiger partial charge < -0.3 is 10.2 Å². The lowest BCUT2D eigenvalue weighted by molar-refractivity contribution is -0.140. The van der Waals surface area contributed by atoms with Crippen molar-refractivity contribution in [1.29, 1.82) is 0 Å². The summed E-state index contributed by atoms with van der Waals surface area (Å²) >= 11 is 0. The van der Waals surface area contributed by atoms with Crippen molar-refractivity contribution >= 4 is 27.5 Å². The molecular formula is C24H32FN3O4S. The number of aryl methyl sites for hydroxylation is 1. The Morgan fingerprint density at radius 3 is 2.24 bits per heavy atom. The second kappa shape index (κ2) is 11.8. The van der Waals surface area contributed by atoms with Gasteiger partial charge in [0, 0.05) is 13.1 Å². The van der Waals surface area contributed by atoms with Gasteiger partial charge in [0.15, 0.2) is 0 Å². The molecular weight excluding hydrogens is 445 g/mol. The molecule has 0 aliphatic carbocycles. The van der Waals surface area contributed by atoms with E-state index in [2.05, 4.69) is 5.32 Å². The summed E-state index contributed by atoms with van der Waals surface area (Å²) in [6.45, 7) is 5.53. The maximum Gasteiger partial charge on any atom is 0.244 e. The van der Waals surface area contributed by atoms with Gasteiger partial charge in [-0.2, -0.15) is 0 Å². The van der Waals surface area contributed by atoms with Crippen LogP contribution in [0.4, 0.5) is 10.1 Å². The van der Waals surface area contributed by atoms with Gasteiger partial charge in [0.05, 0.1) is 11.9 Å². The molecule has 0 radical (unpaired) electrons. The van der Waals surface area contributed by atoms with Crippen molar-refractivity contribution in [2.24, 2.45) is 0 Å². The number of hydrogen-bond donors (Lipinski definition) is 1. The maximum absolute atomic E-state index is 13.5. The summed E-state index contributed by atoms with van der Waals surface area (Å²) in [5.74, 6) is -1.24. The highest BCUT2D eigenvalue weighted by molar-refractivity contribution is 7.92. The molecule has 2 aromatic rings. The molecule has 0 spiro atoms. The number of nitrogens with zero attached hydrogens (tertiary/aromatic N) is 2. The van der Waals surface area contributed by atoms with E-state index in [4.69, 9.17) is 0 Å². The molecule has 0 aliphatic rings. The molecule has 33 heavy (non-hydrogen) atoms. The van der Waals surface area contributed by atoms with Crippen molar-refractivity contribution in [1.82, 2.24) is 10.2 Å². The minimum absolute atomic E-state index is 0.0442. The van der Waals surface area contributed by atoms with Crippen LogP contribution in [0.25, 0.3) is 0 Å². The van der Waals surface area contributed by atoms with Gasteiger partial charge in [0.1, 0.15) is 18.4 Å². The quantitative estimate of drug-likeness (QED) is 0.538. The summed E-state index contributed by atoms with van der Waals surface area (Å²) in [6.07, 6.45) is 2.12. The van der Waals surface area contributed by atoms with Gasteiger partial charge in [0.25, 0.3) is 0 Å². The fourth-order valence-electron chi connectivity index (χ4n) is 3.51. The summed E-state index contributed by atoms with van der Waals surface area (Å²) in [5, 5.41) is 2.81. The lowest BCUT2D eigenvalue weighted by Crippen LogP contribution is -2.52. The first-order valence-electron chi connectivity index (χ1n) is 10.9. The van der Waals surface area contributed by atoms with E-state index in [1.807, 2.05) is 6.92 Å². The van der Waals surface area contributed by atoms with Crippen LogP contribution in [0.1, 0.15) is 37.8 Å². The third-order valence-corrected chi connectivity index (χ3v) is 6.39. The molecule has 0 bridgehead atoms. The average molecular weight is 478 g/mol. The summed E-state index contributed by atoms with van der Waals surface area (Å²) in [5.41, 5.74) is 1.74. The number of hydrogen-bond acceptors (Lipinski definition) is 4. The van der Waals surface area contributed by atoms with Crippen LogP contribution in [0.15, 0.2) is 48.5 Å². The molecule has 2 amide bonds. The lowest BCUT2D eigenvalue weighted by atomic mass is 10.1. The molecule has 180 valence electrons. The Balaban J connectivity index is 2.42. The zero-order valence-corrected chi connectivity index (χ0v) is 20.4. The Kier molecular flexibility index (Phi) is 9.40. The zero-order valence-electron chi connectivity index (χ0n) is 19.5. The van der Waals surface area contributed by atoms with Crippen molar-refractivity contribution in [3.8, 4) is 0 Å². The van der Waals surface area contributed by atoms with E-state index in [-0.39, 0.29) is 12.5 Å². The number of carbonyl (C=O) groups is 2. The van der Waals surface area contributed by atoms with Gasteiger partial charge in [-0.15, -0.1) is 0 Å². The molecule has 9 heteroatoms. The van der Waals surface area contributed by atoms with E-state index < -0.39 is 34.3 Å². The monoisotopic (exact) mass is 477 g/mol. The van der Waals surface area contributed by atoms with E-state index >= 15 is 0 Å². The molecule has 1 N–H and O–H groups in total. The van der Waals surface area contributed by atoms with Crippen LogP contribution < -0.4 is 9.62 Å². The Hall–Kier alpha value is -2.94. The van der Waals surface area contributed by atoms with Crippen molar-refractivity contribution < 1.29 is 22.4 Å². The minimum atomic E-state index is -3.78. The number of benzene rings is 2. The van der Waals surface area contributed by atoms with Crippen LogP contribution in [-0.4, -0.2) is 50.5 Å². The summed E-state index contributed by atoms with van der Waals surface area (Å²) in [7, 11) is -3.78. The smallest absolute Gasteiger partial charge is 0.244 e. The normalized spacial score (nSPS) is 12.2. The Morgan fingerprint density at radius 2 is 1.70 bits per heavy atom. The number of sulfonamides is 1. The topological polar surface area (TPSA) is 86.8 Å². The first-order valence-corrected chi connectivity index (χ1v) is 12.8. The Labute approximate surface area is 195 Å². The van der Waals surface area contributed by atoms with E-state index in [1.54, 1.807) is 50.2 Å². The number of amides is 2. The number of halogens is 1. The largest absolute Gasteiger partial charge is 0.354 e. The predicted molar refractivity (Wildman–Crippen MR) is 128 cm³/mol. The van der Waals surface area contributed by atoms with Crippen molar-refractivity contribution in [2.75, 3.05) is 23.7 Å². The third kappa shape index (κ3) is 7.28. The second-order valence-corrected chi connectivity index (χ2v) is 9.83. The first-order chi connectivity index (χ1) is 15.6. The van der Waals surface area contributed by atoms with Crippen LogP contribution >= 0.6 is 0 Å². The Bertz CT molecular complexity index is 1060. The number of anilines is 1. The summed E-state index contributed by atoms with van der Waals surface area (Å²) in [6, 6.07) is 11.7. The predicted octanol–water partition coefficient (Wildman–Crippen LogP) is 3.23. The van der Waals surface area contributed by atoms with Gasteiger partial charge >= 0.3 is 0 Å². The highest BCUT2D eigenvalue weighted by Crippen LogP contribution is 2.23. The average Bonchev–Trinajstić information content (AvgIpc) is 2.77. The molecule has 0 heterocycles. The van der Waals surface area contributed by atoms with Gasteiger partial charge in [-0.05, 0) is 49.1 Å². The minimum Gasteiger partial charge on any atom is -0.354 e. The van der Waals surface area contributed by atoms with Crippen LogP contribution in [0, 0.1) is 12.7 Å². The highest BCUT2D eigenvalue weighted by atomic mass is 32.2. The summed E-state index contributed by atoms with van der Waals surface area (Å²) < 4.78 is 39.6. The van der Waals surface area contributed by atoms with Crippen molar-refractivity contribution in [2.45, 2.75) is 46.2 Å². The van der Waals surface area contributed by atoms with Crippen LogP contribution in [0.5, 0.6) is 0 Å². The summed E-state index contributed by atoms with van der Waals surface area (Å²) in [4.78, 5) is 27.7. The molecule has 1 atom stereocenters. The molecule has 2 aromatic carbocycles. The molecule has 2 rings (SSSR count). The third-order valence-electron chi connectivity index (χ3n) is 5.26. The number of para-hydroxylation sites is 1. The molecule has 0 saturated heterocycles. The number of rotatable bonds is 11. The zero-order chi connectivity index (χ0) is 24.6. The molecule has 0 saturated carbocycles. The lowest BCUT2D eigenvalue weighted by Gasteiger charge is -2.33. The first kappa shape index (κ1) is 26.3. The standard InChI is InChI=1S/C24H32FN3O4S/c1-5-15-26-24(30)21(6-2)27(16-19-11-13-20(25)14-12-19)23(29)17-28(33(4,31)32)22-10-8-7-9-18(22)3/h7-14,21H,5-6,15-17H2,1-4H3,(H,26,30). The van der Waals surface area contributed by atoms with Gasteiger partial charge in [0.2, 0.25) is 21.8 Å². The molecule has 1 unspecified atom stereocenters. The Morgan fingerprint density at radius 1 is 1.06 bits per heavy atom. The maximum atomic E-state index is 13.5. The number of carbonyl (C=O) groups excluding carboxylic acids is 2. The van der Waals surface area contributed by atoms with Crippen LogP contribution in [-0.2, 0) is 26.2 Å². The fourth-order valence-corrected chi connectivity index (χ4v) is 4.42.